The Morgan fingerprint density at radius 2 is 2.38 bits per heavy atom. The van der Waals surface area contributed by atoms with Crippen LogP contribution in [0.15, 0.2) is 0 Å². The number of aliphatic hydroxyl groups excluding tert-OH is 1. The van der Waals surface area contributed by atoms with Gasteiger partial charge in [0.05, 0.1) is 0 Å². The maximum atomic E-state index is 8.70. The third kappa shape index (κ3) is 1.72. The summed E-state index contributed by atoms with van der Waals surface area (Å²) in [4.78, 5) is 0. The van der Waals surface area contributed by atoms with Crippen molar-refractivity contribution in [2.45, 2.75) is 24.9 Å². The van der Waals surface area contributed by atoms with Gasteiger partial charge in [0, 0.05) is 6.61 Å². The summed E-state index contributed by atoms with van der Waals surface area (Å²) in [5.41, 5.74) is 0.670. The first-order chi connectivity index (χ1) is 3.93. The molecule has 0 saturated carbocycles. The van der Waals surface area contributed by atoms with Gasteiger partial charge in [0.1, 0.15) is 0 Å². The summed E-state index contributed by atoms with van der Waals surface area (Å²) < 4.78 is 0. The van der Waals surface area contributed by atoms with Gasteiger partial charge in [-0.25, -0.2) is 0 Å². The zero-order valence-corrected chi connectivity index (χ0v) is 6.06. The Hall–Kier alpha value is 0.390. The van der Waals surface area contributed by atoms with E-state index in [2.05, 4.69) is 0 Å². The van der Waals surface area contributed by atoms with Crippen molar-refractivity contribution in [3.8, 4) is 0 Å². The Morgan fingerprint density at radius 3 is 2.75 bits per heavy atom. The summed E-state index contributed by atoms with van der Waals surface area (Å²) in [5.74, 6) is 0. The van der Waals surface area contributed by atoms with E-state index in [1.165, 1.54) is 25.4 Å². The molecule has 2 heteroatoms. The summed E-state index contributed by atoms with van der Waals surface area (Å²) >= 11 is 0. The average Bonchev–Trinajstić information content (AvgIpc) is 1.90. The zero-order chi connectivity index (χ0) is 5.82. The minimum atomic E-state index is 0.429. The molecule has 1 rings (SSSR count). The van der Waals surface area contributed by atoms with Crippen molar-refractivity contribution in [2.75, 3.05) is 12.8 Å². The maximum Gasteiger partial charge on any atom is 0.0496 e. The van der Waals surface area contributed by atoms with Crippen molar-refractivity contribution in [1.82, 2.24) is 0 Å². The predicted octanol–water partition coefficient (Wildman–Crippen LogP) is 1.21. The summed E-state index contributed by atoms with van der Waals surface area (Å²) in [6.45, 7) is 0.429. The molecule has 0 spiro atoms. The number of rotatable bonds is 1. The maximum absolute atomic E-state index is 8.70. The second-order valence-corrected chi connectivity index (χ2v) is 4.05. The smallest absolute Gasteiger partial charge is 0.0496 e. The molecule has 2 unspecified atom stereocenters. The quantitative estimate of drug-likeness (QED) is 0.532. The molecule has 48 valence electrons. The largest absolute Gasteiger partial charge is 0.396 e. The molecule has 0 amide bonds. The third-order valence-corrected chi connectivity index (χ3v) is 3.32. The molecule has 2 atom stereocenters. The van der Waals surface area contributed by atoms with Crippen LogP contribution in [0.25, 0.3) is 0 Å². The van der Waals surface area contributed by atoms with Gasteiger partial charge in [-0.15, -0.1) is 8.58 Å². The molecule has 1 N–H and O–H groups in total. The molecule has 1 heterocycles. The van der Waals surface area contributed by atoms with Crippen molar-refractivity contribution in [3.05, 3.63) is 0 Å². The Kier molecular flexibility index (Phi) is 2.78. The van der Waals surface area contributed by atoms with Gasteiger partial charge in [0.25, 0.3) is 0 Å². The van der Waals surface area contributed by atoms with E-state index in [1.54, 1.807) is 0 Å². The van der Waals surface area contributed by atoms with Gasteiger partial charge in [0.2, 0.25) is 0 Å². The van der Waals surface area contributed by atoms with E-state index in [0.29, 0.717) is 12.3 Å². The van der Waals surface area contributed by atoms with E-state index in [1.807, 2.05) is 0 Å². The van der Waals surface area contributed by atoms with Gasteiger partial charge < -0.3 is 5.11 Å². The normalized spacial score (nSPS) is 33.4. The van der Waals surface area contributed by atoms with Crippen LogP contribution in [-0.4, -0.2) is 23.5 Å². The minimum Gasteiger partial charge on any atom is -0.396 e. The van der Waals surface area contributed by atoms with Crippen molar-refractivity contribution in [2.24, 2.45) is 0 Å². The number of hydrogen-bond acceptors (Lipinski definition) is 1. The molecule has 0 radical (unpaired) electrons. The van der Waals surface area contributed by atoms with Crippen LogP contribution in [0.1, 0.15) is 19.3 Å². The Balaban J connectivity index is 2.13. The molecule has 8 heavy (non-hydrogen) atoms. The van der Waals surface area contributed by atoms with Gasteiger partial charge in [-0.3, -0.25) is 0 Å². The first-order valence-electron chi connectivity index (χ1n) is 3.27. The first-order valence-corrected chi connectivity index (χ1v) is 4.56. The zero-order valence-electron chi connectivity index (χ0n) is 5.06. The molecular weight excluding hydrogens is 119 g/mol. The topological polar surface area (TPSA) is 20.2 Å². The van der Waals surface area contributed by atoms with E-state index in [-0.39, 0.29) is 0 Å². The molecule has 1 aliphatic rings. The van der Waals surface area contributed by atoms with Crippen LogP contribution in [0.3, 0.4) is 0 Å². The highest BCUT2D eigenvalue weighted by Crippen LogP contribution is 2.29. The molecule has 0 bridgehead atoms. The third-order valence-electron chi connectivity index (χ3n) is 1.63. The highest BCUT2D eigenvalue weighted by atomic mass is 31.1. The predicted molar refractivity (Wildman–Crippen MR) is 37.9 cm³/mol. The molecule has 1 nitrogen and oxygen atoms in total. The second-order valence-electron chi connectivity index (χ2n) is 2.33. The van der Waals surface area contributed by atoms with E-state index >= 15 is 0 Å². The van der Waals surface area contributed by atoms with Gasteiger partial charge in [-0.05, 0) is 24.7 Å². The van der Waals surface area contributed by atoms with Crippen LogP contribution in [0, 0.1) is 0 Å². The fourth-order valence-electron chi connectivity index (χ4n) is 1.08. The molecule has 1 saturated heterocycles. The van der Waals surface area contributed by atoms with Crippen molar-refractivity contribution in [1.29, 1.82) is 0 Å². The minimum absolute atomic E-state index is 0.429. The van der Waals surface area contributed by atoms with E-state index in [4.69, 9.17) is 5.11 Å². The number of aliphatic hydroxyl groups is 1. The lowest BCUT2D eigenvalue weighted by atomic mass is 10.2. The molecule has 0 aliphatic carbocycles. The van der Waals surface area contributed by atoms with Crippen molar-refractivity contribution < 1.29 is 5.11 Å². The van der Waals surface area contributed by atoms with Crippen LogP contribution in [0.5, 0.6) is 0 Å². The highest BCUT2D eigenvalue weighted by molar-refractivity contribution is 7.39. The van der Waals surface area contributed by atoms with E-state index in [0.717, 1.165) is 8.58 Å². The van der Waals surface area contributed by atoms with Crippen LogP contribution < -0.4 is 0 Å². The summed E-state index contributed by atoms with van der Waals surface area (Å²) in [6.07, 6.45) is 5.38. The lowest BCUT2D eigenvalue weighted by molar-refractivity contribution is 0.286. The standard InChI is InChI=1S/C6H13OP/c7-5-6-3-1-2-4-8-6/h6-8H,1-5H2. The fourth-order valence-corrected chi connectivity index (χ4v) is 2.48. The summed E-state index contributed by atoms with van der Waals surface area (Å²) in [5, 5.41) is 8.70. The first kappa shape index (κ1) is 6.51. The van der Waals surface area contributed by atoms with Crippen LogP contribution >= 0.6 is 8.58 Å². The van der Waals surface area contributed by atoms with Crippen molar-refractivity contribution >= 4 is 8.58 Å². The Bertz CT molecular complexity index is 59.5. The van der Waals surface area contributed by atoms with Crippen LogP contribution in [0.2, 0.25) is 0 Å². The SMILES string of the molecule is OCC1CCCCP1. The Morgan fingerprint density at radius 1 is 1.50 bits per heavy atom. The van der Waals surface area contributed by atoms with Crippen molar-refractivity contribution in [3.63, 3.8) is 0 Å². The monoisotopic (exact) mass is 132 g/mol. The summed E-state index contributed by atoms with van der Waals surface area (Å²) in [7, 11) is 1.04. The van der Waals surface area contributed by atoms with Gasteiger partial charge in [-0.1, -0.05) is 6.42 Å². The molecule has 1 fully saturated rings. The van der Waals surface area contributed by atoms with Crippen LogP contribution in [0.4, 0.5) is 0 Å². The molecule has 1 aliphatic heterocycles. The summed E-state index contributed by atoms with van der Waals surface area (Å²) in [6, 6.07) is 0. The van der Waals surface area contributed by atoms with Crippen LogP contribution in [-0.2, 0) is 0 Å². The lowest BCUT2D eigenvalue weighted by Gasteiger charge is -2.18. The molecule has 0 aromatic carbocycles. The molecular formula is C6H13OP. The molecule has 0 aromatic heterocycles. The van der Waals surface area contributed by atoms with E-state index in [9.17, 15) is 0 Å². The molecule has 0 aromatic rings. The van der Waals surface area contributed by atoms with E-state index < -0.39 is 0 Å². The Labute approximate surface area is 52.3 Å². The highest BCUT2D eigenvalue weighted by Gasteiger charge is 2.10. The van der Waals surface area contributed by atoms with Gasteiger partial charge in [-0.2, -0.15) is 0 Å². The number of hydrogen-bond donors (Lipinski definition) is 1. The fraction of sp³-hybridized carbons (Fsp3) is 1.00. The van der Waals surface area contributed by atoms with Gasteiger partial charge >= 0.3 is 0 Å². The second kappa shape index (κ2) is 3.42. The lowest BCUT2D eigenvalue weighted by Crippen LogP contribution is -2.11. The average molecular weight is 132 g/mol. The van der Waals surface area contributed by atoms with Gasteiger partial charge in [0.15, 0.2) is 0 Å².